The Morgan fingerprint density at radius 2 is 2.08 bits per heavy atom. The van der Waals surface area contributed by atoms with Gasteiger partial charge in [-0.3, -0.25) is 9.58 Å². The van der Waals surface area contributed by atoms with Crippen LogP contribution < -0.4 is 0 Å². The van der Waals surface area contributed by atoms with Gasteiger partial charge in [-0.1, -0.05) is 6.42 Å². The normalized spacial score (nSPS) is 23.1. The molecule has 7 heteroatoms. The Balaban J connectivity index is 1.46. The van der Waals surface area contributed by atoms with Crippen LogP contribution in [0, 0.1) is 0 Å². The Bertz CT molecular complexity index is 652. The average Bonchev–Trinajstić information content (AvgIpc) is 3.27. The highest BCUT2D eigenvalue weighted by atomic mass is 16.3. The second-order valence-corrected chi connectivity index (χ2v) is 6.97. The van der Waals surface area contributed by atoms with Crippen molar-refractivity contribution in [1.29, 1.82) is 0 Å². The highest BCUT2D eigenvalue weighted by molar-refractivity contribution is 5.05. The van der Waals surface area contributed by atoms with Crippen LogP contribution in [0.2, 0.25) is 0 Å². The summed E-state index contributed by atoms with van der Waals surface area (Å²) in [6, 6.07) is 2.17. The number of β-amino-alcohol motifs (C(OH)–C–C–N with tert-alkyl or cyclic N) is 1. The number of hydrogen-bond donors (Lipinski definition) is 1. The average molecular weight is 330 g/mol. The van der Waals surface area contributed by atoms with Crippen molar-refractivity contribution >= 4 is 0 Å². The van der Waals surface area contributed by atoms with Crippen molar-refractivity contribution in [1.82, 2.24) is 29.4 Å². The van der Waals surface area contributed by atoms with Gasteiger partial charge < -0.3 is 9.67 Å². The standard InChI is InChI=1S/C17H26N6O/c24-14(13-22-10-5-8-18-22)12-21-9-4-6-15(21)17-20-19-16-7-2-1-3-11-23(16)17/h5,8,10,14-15,24H,1-4,6-7,9,11-13H2/t14-,15-/m1/s1. The SMILES string of the molecule is O[C@H](CN1CCC[C@@H]1c1nnc2n1CCCCC2)Cn1cccn1. The summed E-state index contributed by atoms with van der Waals surface area (Å²) in [5, 5.41) is 23.6. The topological polar surface area (TPSA) is 72.0 Å². The molecule has 2 aromatic rings. The number of fused-ring (bicyclic) bond motifs is 1. The maximum absolute atomic E-state index is 10.4. The maximum atomic E-state index is 10.4. The van der Waals surface area contributed by atoms with Gasteiger partial charge in [0, 0.05) is 31.9 Å². The van der Waals surface area contributed by atoms with Gasteiger partial charge in [-0.25, -0.2) is 0 Å². The molecule has 1 fully saturated rings. The van der Waals surface area contributed by atoms with Crippen molar-refractivity contribution in [2.45, 2.75) is 63.8 Å². The van der Waals surface area contributed by atoms with Gasteiger partial charge in [0.1, 0.15) is 11.6 Å². The van der Waals surface area contributed by atoms with E-state index in [0.29, 0.717) is 13.1 Å². The summed E-state index contributed by atoms with van der Waals surface area (Å²) in [6.45, 7) is 3.25. The van der Waals surface area contributed by atoms with Crippen molar-refractivity contribution in [2.24, 2.45) is 0 Å². The Kier molecular flexibility index (Phi) is 4.62. The van der Waals surface area contributed by atoms with Gasteiger partial charge in [0.15, 0.2) is 0 Å². The number of hydrogen-bond acceptors (Lipinski definition) is 5. The van der Waals surface area contributed by atoms with Gasteiger partial charge in [0.25, 0.3) is 0 Å². The second kappa shape index (κ2) is 7.03. The number of aliphatic hydroxyl groups is 1. The molecule has 4 rings (SSSR count). The molecule has 0 aliphatic carbocycles. The maximum Gasteiger partial charge on any atom is 0.150 e. The first-order chi connectivity index (χ1) is 11.8. The first kappa shape index (κ1) is 15.8. The third-order valence-corrected chi connectivity index (χ3v) is 5.20. The van der Waals surface area contributed by atoms with Gasteiger partial charge >= 0.3 is 0 Å². The molecule has 0 aromatic carbocycles. The fourth-order valence-electron chi connectivity index (χ4n) is 4.04. The fraction of sp³-hybridized carbons (Fsp3) is 0.706. The minimum atomic E-state index is -0.419. The molecule has 2 atom stereocenters. The van der Waals surface area contributed by atoms with Crippen LogP contribution >= 0.6 is 0 Å². The van der Waals surface area contributed by atoms with Crippen LogP contribution in [0.3, 0.4) is 0 Å². The van der Waals surface area contributed by atoms with E-state index < -0.39 is 6.10 Å². The van der Waals surface area contributed by atoms with E-state index in [4.69, 9.17) is 0 Å². The lowest BCUT2D eigenvalue weighted by Gasteiger charge is -2.26. The second-order valence-electron chi connectivity index (χ2n) is 6.97. The summed E-state index contributed by atoms with van der Waals surface area (Å²) in [5.74, 6) is 2.25. The van der Waals surface area contributed by atoms with E-state index in [1.807, 2.05) is 12.3 Å². The molecule has 7 nitrogen and oxygen atoms in total. The van der Waals surface area contributed by atoms with Crippen LogP contribution in [0.25, 0.3) is 0 Å². The van der Waals surface area contributed by atoms with Gasteiger partial charge in [-0.15, -0.1) is 10.2 Å². The highest BCUT2D eigenvalue weighted by Crippen LogP contribution is 2.32. The number of aromatic nitrogens is 5. The predicted octanol–water partition coefficient (Wildman–Crippen LogP) is 1.40. The van der Waals surface area contributed by atoms with Crippen LogP contribution in [0.5, 0.6) is 0 Å². The molecule has 0 radical (unpaired) electrons. The van der Waals surface area contributed by atoms with Crippen molar-refractivity contribution < 1.29 is 5.11 Å². The summed E-state index contributed by atoms with van der Waals surface area (Å²) in [5.41, 5.74) is 0. The monoisotopic (exact) mass is 330 g/mol. The lowest BCUT2D eigenvalue weighted by atomic mass is 10.2. The molecule has 0 spiro atoms. The smallest absolute Gasteiger partial charge is 0.150 e. The molecule has 4 heterocycles. The van der Waals surface area contributed by atoms with E-state index in [9.17, 15) is 5.11 Å². The quantitative estimate of drug-likeness (QED) is 0.897. The molecule has 0 bridgehead atoms. The molecule has 130 valence electrons. The molecular weight excluding hydrogens is 304 g/mol. The Morgan fingerprint density at radius 3 is 2.96 bits per heavy atom. The summed E-state index contributed by atoms with van der Waals surface area (Å²) in [6.07, 6.45) is 10.2. The van der Waals surface area contributed by atoms with Crippen LogP contribution in [-0.4, -0.2) is 53.7 Å². The Morgan fingerprint density at radius 1 is 1.12 bits per heavy atom. The molecule has 0 unspecified atom stereocenters. The molecule has 0 saturated carbocycles. The van der Waals surface area contributed by atoms with Crippen LogP contribution in [-0.2, 0) is 19.5 Å². The summed E-state index contributed by atoms with van der Waals surface area (Å²) < 4.78 is 4.13. The molecular formula is C17H26N6O. The van der Waals surface area contributed by atoms with E-state index in [2.05, 4.69) is 24.8 Å². The van der Waals surface area contributed by atoms with Crippen LogP contribution in [0.4, 0.5) is 0 Å². The first-order valence-corrected chi connectivity index (χ1v) is 9.13. The zero-order valence-corrected chi connectivity index (χ0v) is 14.1. The van der Waals surface area contributed by atoms with E-state index in [0.717, 1.165) is 44.0 Å². The zero-order valence-electron chi connectivity index (χ0n) is 14.1. The van der Waals surface area contributed by atoms with Gasteiger partial charge in [-0.2, -0.15) is 5.10 Å². The highest BCUT2D eigenvalue weighted by Gasteiger charge is 2.32. The van der Waals surface area contributed by atoms with Crippen LogP contribution in [0.1, 0.15) is 49.8 Å². The summed E-state index contributed by atoms with van der Waals surface area (Å²) in [4.78, 5) is 2.37. The van der Waals surface area contributed by atoms with Gasteiger partial charge in [-0.05, 0) is 38.3 Å². The predicted molar refractivity (Wildman–Crippen MR) is 89.4 cm³/mol. The van der Waals surface area contributed by atoms with Gasteiger partial charge in [0.05, 0.1) is 18.7 Å². The largest absolute Gasteiger partial charge is 0.390 e. The number of aliphatic hydroxyl groups excluding tert-OH is 1. The molecule has 24 heavy (non-hydrogen) atoms. The van der Waals surface area contributed by atoms with Crippen molar-refractivity contribution in [3.05, 3.63) is 30.1 Å². The molecule has 2 aliphatic rings. The van der Waals surface area contributed by atoms with Crippen molar-refractivity contribution in [3.63, 3.8) is 0 Å². The number of nitrogens with zero attached hydrogens (tertiary/aromatic N) is 6. The third-order valence-electron chi connectivity index (χ3n) is 5.20. The number of rotatable bonds is 5. The number of likely N-dealkylation sites (tertiary alicyclic amines) is 1. The lowest BCUT2D eigenvalue weighted by Crippen LogP contribution is -2.35. The minimum absolute atomic E-state index is 0.289. The Hall–Kier alpha value is -1.73. The van der Waals surface area contributed by atoms with E-state index in [1.165, 1.54) is 19.3 Å². The lowest BCUT2D eigenvalue weighted by molar-refractivity contribution is 0.0866. The first-order valence-electron chi connectivity index (χ1n) is 9.13. The summed E-state index contributed by atoms with van der Waals surface area (Å²) >= 11 is 0. The minimum Gasteiger partial charge on any atom is -0.390 e. The van der Waals surface area contributed by atoms with E-state index in [1.54, 1.807) is 10.9 Å². The number of aryl methyl sites for hydroxylation is 1. The molecule has 2 aliphatic heterocycles. The third kappa shape index (κ3) is 3.23. The summed E-state index contributed by atoms with van der Waals surface area (Å²) in [7, 11) is 0. The fourth-order valence-corrected chi connectivity index (χ4v) is 4.04. The molecule has 0 amide bonds. The van der Waals surface area contributed by atoms with Crippen LogP contribution in [0.15, 0.2) is 18.5 Å². The van der Waals surface area contributed by atoms with Crippen molar-refractivity contribution in [2.75, 3.05) is 13.1 Å². The van der Waals surface area contributed by atoms with E-state index in [-0.39, 0.29) is 6.04 Å². The molecule has 1 saturated heterocycles. The van der Waals surface area contributed by atoms with E-state index >= 15 is 0 Å². The Labute approximate surface area is 142 Å². The van der Waals surface area contributed by atoms with Gasteiger partial charge in [0.2, 0.25) is 0 Å². The molecule has 1 N–H and O–H groups in total. The molecule has 2 aromatic heterocycles. The van der Waals surface area contributed by atoms with Crippen molar-refractivity contribution in [3.8, 4) is 0 Å². The zero-order chi connectivity index (χ0) is 16.4.